The quantitative estimate of drug-likeness (QED) is 0.441. The second kappa shape index (κ2) is 10.5. The highest BCUT2D eigenvalue weighted by atomic mass is 16.5. The average molecular weight is 482 g/mol. The molecule has 7 nitrogen and oxygen atoms in total. The van der Waals surface area contributed by atoms with Gasteiger partial charge in [-0.2, -0.15) is 0 Å². The molecule has 1 unspecified atom stereocenters. The Balaban J connectivity index is 1.55. The Hall–Kier alpha value is -2.67. The van der Waals surface area contributed by atoms with E-state index in [1.54, 1.807) is 11.9 Å². The molecule has 2 aliphatic rings. The van der Waals surface area contributed by atoms with Gasteiger partial charge in [0.25, 0.3) is 0 Å². The highest BCUT2D eigenvalue weighted by Crippen LogP contribution is 2.52. The maximum Gasteiger partial charge on any atom is 0.317 e. The summed E-state index contributed by atoms with van der Waals surface area (Å²) in [5.41, 5.74) is 4.87. The number of anilines is 1. The molecule has 0 radical (unpaired) electrons. The van der Waals surface area contributed by atoms with Crippen molar-refractivity contribution in [2.75, 3.05) is 18.5 Å². The average Bonchev–Trinajstić information content (AvgIpc) is 3.51. The Bertz CT molecular complexity index is 1070. The van der Waals surface area contributed by atoms with Gasteiger partial charge >= 0.3 is 5.97 Å². The van der Waals surface area contributed by atoms with E-state index in [0.717, 1.165) is 65.4 Å². The molecule has 2 N–H and O–H groups in total. The molecule has 35 heavy (non-hydrogen) atoms. The standard InChI is InChI=1S/C28H39N3O4/c1-16(2)10-19-12-21(13-19)28-26(20-7-8-20)27(30-35-28)22(29-15-25(33)34)14-24(32)31(5)23-9-6-17(3)11-18(23)4/h6,9,11,16,19-22,29H,7-8,10,12-15H2,1-5H3,(H,33,34). The lowest BCUT2D eigenvalue weighted by molar-refractivity contribution is -0.136. The number of carbonyl (C=O) groups is 2. The van der Waals surface area contributed by atoms with E-state index >= 15 is 0 Å². The summed E-state index contributed by atoms with van der Waals surface area (Å²) >= 11 is 0. The smallest absolute Gasteiger partial charge is 0.317 e. The first kappa shape index (κ1) is 25.4. The SMILES string of the molecule is Cc1ccc(N(C)C(=O)CC(NCC(=O)O)c2noc(C3CC(CC(C)C)C3)c2C2CC2)c(C)c1. The summed E-state index contributed by atoms with van der Waals surface area (Å²) in [7, 11) is 1.77. The number of carbonyl (C=O) groups excluding carboxylic acids is 1. The first-order chi connectivity index (χ1) is 16.6. The molecule has 2 saturated carbocycles. The molecule has 0 aliphatic heterocycles. The molecule has 1 amide bonds. The normalized spacial score (nSPS) is 20.5. The van der Waals surface area contributed by atoms with Crippen LogP contribution in [0.4, 0.5) is 5.69 Å². The predicted molar refractivity (Wildman–Crippen MR) is 136 cm³/mol. The van der Waals surface area contributed by atoms with Gasteiger partial charge < -0.3 is 14.5 Å². The van der Waals surface area contributed by atoms with Gasteiger partial charge in [0.05, 0.1) is 12.6 Å². The van der Waals surface area contributed by atoms with Crippen molar-refractivity contribution in [2.45, 2.75) is 84.1 Å². The third-order valence-electron chi connectivity index (χ3n) is 7.48. The van der Waals surface area contributed by atoms with Crippen molar-refractivity contribution >= 4 is 17.6 Å². The molecule has 2 fully saturated rings. The molecule has 0 spiro atoms. The Morgan fingerprint density at radius 2 is 1.91 bits per heavy atom. The third-order valence-corrected chi connectivity index (χ3v) is 7.48. The summed E-state index contributed by atoms with van der Waals surface area (Å²) in [4.78, 5) is 26.4. The van der Waals surface area contributed by atoms with Crippen molar-refractivity contribution in [3.05, 3.63) is 46.3 Å². The second-order valence-electron chi connectivity index (χ2n) is 11.1. The first-order valence-corrected chi connectivity index (χ1v) is 12.9. The molecule has 4 rings (SSSR count). The molecular weight excluding hydrogens is 442 g/mol. The van der Waals surface area contributed by atoms with Crippen molar-refractivity contribution in [3.8, 4) is 0 Å². The summed E-state index contributed by atoms with van der Waals surface area (Å²) < 4.78 is 5.94. The summed E-state index contributed by atoms with van der Waals surface area (Å²) in [5, 5.41) is 16.9. The number of aromatic nitrogens is 1. The molecule has 190 valence electrons. The number of hydrogen-bond acceptors (Lipinski definition) is 5. The number of nitrogens with zero attached hydrogens (tertiary/aromatic N) is 2. The van der Waals surface area contributed by atoms with Gasteiger partial charge in [-0.15, -0.1) is 0 Å². The fourth-order valence-corrected chi connectivity index (χ4v) is 5.56. The Labute approximate surface area is 208 Å². The van der Waals surface area contributed by atoms with Crippen molar-refractivity contribution in [2.24, 2.45) is 11.8 Å². The van der Waals surface area contributed by atoms with Gasteiger partial charge in [0.2, 0.25) is 5.91 Å². The number of aliphatic carboxylic acids is 1. The van der Waals surface area contributed by atoms with Crippen molar-refractivity contribution < 1.29 is 19.2 Å². The molecule has 1 atom stereocenters. The van der Waals surface area contributed by atoms with E-state index in [1.807, 2.05) is 26.0 Å². The summed E-state index contributed by atoms with van der Waals surface area (Å²) in [6, 6.07) is 5.49. The van der Waals surface area contributed by atoms with Crippen molar-refractivity contribution in [3.63, 3.8) is 0 Å². The topological polar surface area (TPSA) is 95.7 Å². The zero-order valence-corrected chi connectivity index (χ0v) is 21.6. The highest BCUT2D eigenvalue weighted by molar-refractivity contribution is 5.94. The van der Waals surface area contributed by atoms with Crippen LogP contribution in [0.15, 0.2) is 22.7 Å². The lowest BCUT2D eigenvalue weighted by Gasteiger charge is -2.35. The zero-order valence-electron chi connectivity index (χ0n) is 21.6. The van der Waals surface area contributed by atoms with Crippen LogP contribution in [0.25, 0.3) is 0 Å². The molecule has 0 saturated heterocycles. The number of nitrogens with one attached hydrogen (secondary N) is 1. The van der Waals surface area contributed by atoms with Crippen molar-refractivity contribution in [1.29, 1.82) is 0 Å². The van der Waals surface area contributed by atoms with Crippen LogP contribution >= 0.6 is 0 Å². The Kier molecular flexibility index (Phi) is 7.64. The summed E-state index contributed by atoms with van der Waals surface area (Å²) in [5.74, 6) is 2.12. The van der Waals surface area contributed by atoms with Gasteiger partial charge in [-0.3, -0.25) is 14.9 Å². The number of aryl methyl sites for hydroxylation is 2. The third kappa shape index (κ3) is 5.95. The first-order valence-electron chi connectivity index (χ1n) is 12.9. The van der Waals surface area contributed by atoms with Crippen molar-refractivity contribution in [1.82, 2.24) is 10.5 Å². The minimum atomic E-state index is -0.961. The molecular formula is C28H39N3O4. The van der Waals surface area contributed by atoms with Crippen LogP contribution in [-0.4, -0.2) is 35.7 Å². The fraction of sp³-hybridized carbons (Fsp3) is 0.607. The molecule has 1 heterocycles. The van der Waals surface area contributed by atoms with E-state index in [1.165, 1.54) is 6.42 Å². The van der Waals surface area contributed by atoms with E-state index in [-0.39, 0.29) is 18.9 Å². The van der Waals surface area contributed by atoms with E-state index in [2.05, 4.69) is 30.4 Å². The lowest BCUT2D eigenvalue weighted by atomic mass is 9.69. The number of hydrogen-bond donors (Lipinski definition) is 2. The molecule has 1 aromatic carbocycles. The number of carboxylic acid groups (broad SMARTS) is 1. The van der Waals surface area contributed by atoms with E-state index in [9.17, 15) is 14.7 Å². The molecule has 2 aliphatic carbocycles. The molecule has 1 aromatic heterocycles. The highest BCUT2D eigenvalue weighted by Gasteiger charge is 2.41. The number of amides is 1. The van der Waals surface area contributed by atoms with Crippen LogP contribution < -0.4 is 10.2 Å². The fourth-order valence-electron chi connectivity index (χ4n) is 5.56. The molecule has 7 heteroatoms. The largest absolute Gasteiger partial charge is 0.480 e. The van der Waals surface area contributed by atoms with Crippen LogP contribution in [0, 0.1) is 25.7 Å². The maximum absolute atomic E-state index is 13.3. The van der Waals surface area contributed by atoms with E-state index in [4.69, 9.17) is 4.52 Å². The van der Waals surface area contributed by atoms with Gasteiger partial charge in [-0.05, 0) is 75.3 Å². The monoisotopic (exact) mass is 481 g/mol. The summed E-state index contributed by atoms with van der Waals surface area (Å²) in [6.45, 7) is 8.31. The van der Waals surface area contributed by atoms with Gasteiger partial charge in [-0.25, -0.2) is 0 Å². The van der Waals surface area contributed by atoms with Gasteiger partial charge in [0, 0.05) is 30.6 Å². The molecule has 0 bridgehead atoms. The maximum atomic E-state index is 13.3. The number of rotatable bonds is 11. The van der Waals surface area contributed by atoms with Gasteiger partial charge in [0.15, 0.2) is 0 Å². The van der Waals surface area contributed by atoms with E-state index in [0.29, 0.717) is 17.8 Å². The Morgan fingerprint density at radius 1 is 1.20 bits per heavy atom. The van der Waals surface area contributed by atoms with E-state index < -0.39 is 12.0 Å². The summed E-state index contributed by atoms with van der Waals surface area (Å²) in [6.07, 6.45) is 5.76. The molecule has 2 aromatic rings. The zero-order chi connectivity index (χ0) is 25.3. The van der Waals surface area contributed by atoms with Crippen LogP contribution in [0.5, 0.6) is 0 Å². The Morgan fingerprint density at radius 3 is 2.51 bits per heavy atom. The predicted octanol–water partition coefficient (Wildman–Crippen LogP) is 5.48. The second-order valence-corrected chi connectivity index (χ2v) is 11.1. The van der Waals surface area contributed by atoms with Crippen LogP contribution in [-0.2, 0) is 9.59 Å². The minimum absolute atomic E-state index is 0.0909. The van der Waals surface area contributed by atoms with Crippen LogP contribution in [0.1, 0.15) is 98.4 Å². The van der Waals surface area contributed by atoms with Gasteiger partial charge in [0.1, 0.15) is 11.5 Å². The minimum Gasteiger partial charge on any atom is -0.480 e. The lowest BCUT2D eigenvalue weighted by Crippen LogP contribution is -2.35. The number of benzene rings is 1. The number of carboxylic acids is 1. The van der Waals surface area contributed by atoms with Crippen LogP contribution in [0.3, 0.4) is 0 Å². The van der Waals surface area contributed by atoms with Crippen LogP contribution in [0.2, 0.25) is 0 Å². The van der Waals surface area contributed by atoms with Gasteiger partial charge in [-0.1, -0.05) is 36.7 Å².